The molecule has 0 unspecified atom stereocenters. The van der Waals surface area contributed by atoms with E-state index >= 15 is 0 Å². The van der Waals surface area contributed by atoms with E-state index in [1.807, 2.05) is 91.0 Å². The Balaban J connectivity index is 1.19. The fourth-order valence-electron chi connectivity index (χ4n) is 8.61. The lowest BCUT2D eigenvalue weighted by Gasteiger charge is -2.13. The molecule has 0 aliphatic carbocycles. The smallest absolute Gasteiger partial charge is 0.238 e. The molecule has 4 aromatic heterocycles. The first-order valence-electron chi connectivity index (χ1n) is 19.2. The number of para-hydroxylation sites is 3. The molecular formula is C51H30FN5O. The number of hydrogen-bond acceptors (Lipinski definition) is 4. The van der Waals surface area contributed by atoms with Gasteiger partial charge < -0.3 is 8.98 Å². The fraction of sp³-hybridized carbons (Fsp3) is 0. The van der Waals surface area contributed by atoms with Crippen molar-refractivity contribution in [3.8, 4) is 45.5 Å². The van der Waals surface area contributed by atoms with E-state index in [0.29, 0.717) is 17.6 Å². The summed E-state index contributed by atoms with van der Waals surface area (Å²) in [5.41, 5.74) is 10.1. The van der Waals surface area contributed by atoms with Gasteiger partial charge in [0.05, 0.1) is 22.1 Å². The minimum Gasteiger partial charge on any atom is -0.455 e. The molecule has 6 nitrogen and oxygen atoms in total. The van der Waals surface area contributed by atoms with Crippen LogP contribution in [0.4, 0.5) is 4.39 Å². The van der Waals surface area contributed by atoms with Gasteiger partial charge in [0.2, 0.25) is 5.95 Å². The summed E-state index contributed by atoms with van der Waals surface area (Å²) in [6.07, 6.45) is 0. The van der Waals surface area contributed by atoms with E-state index in [9.17, 15) is 4.39 Å². The highest BCUT2D eigenvalue weighted by Gasteiger charge is 2.23. The van der Waals surface area contributed by atoms with E-state index in [1.165, 1.54) is 12.1 Å². The first kappa shape index (κ1) is 32.4. The summed E-state index contributed by atoms with van der Waals surface area (Å²) in [5, 5.41) is 6.46. The SMILES string of the molecule is Fc1ccc(-c2cc(-n3c4ccccc4c4cc5c6ccccc6n(-c6nc(-c7ccccc7)nc(-c7ccccc7)n6)c5cc43)cc3c2oc2ccccc23)cc1. The van der Waals surface area contributed by atoms with Crippen LogP contribution < -0.4 is 0 Å². The molecule has 0 saturated carbocycles. The van der Waals surface area contributed by atoms with Gasteiger partial charge in [-0.25, -0.2) is 9.37 Å². The molecule has 7 heteroatoms. The van der Waals surface area contributed by atoms with E-state index < -0.39 is 0 Å². The van der Waals surface area contributed by atoms with Crippen molar-refractivity contribution in [3.63, 3.8) is 0 Å². The second kappa shape index (κ2) is 12.6. The molecule has 0 atom stereocenters. The molecule has 12 rings (SSSR count). The van der Waals surface area contributed by atoms with E-state index in [-0.39, 0.29) is 5.82 Å². The van der Waals surface area contributed by atoms with Crippen LogP contribution in [0.5, 0.6) is 0 Å². The Morgan fingerprint density at radius 3 is 1.60 bits per heavy atom. The number of furan rings is 1. The molecule has 0 amide bonds. The third-order valence-corrected chi connectivity index (χ3v) is 11.2. The quantitative estimate of drug-likeness (QED) is 0.176. The van der Waals surface area contributed by atoms with Crippen LogP contribution in [0.3, 0.4) is 0 Å². The zero-order chi connectivity index (χ0) is 38.3. The number of aromatic nitrogens is 5. The summed E-state index contributed by atoms with van der Waals surface area (Å²) >= 11 is 0. The zero-order valence-corrected chi connectivity index (χ0v) is 30.8. The lowest BCUT2D eigenvalue weighted by molar-refractivity contribution is 0.628. The van der Waals surface area contributed by atoms with Crippen molar-refractivity contribution >= 4 is 65.6 Å². The van der Waals surface area contributed by atoms with Crippen LogP contribution in [0.2, 0.25) is 0 Å². The Morgan fingerprint density at radius 1 is 0.397 bits per heavy atom. The summed E-state index contributed by atoms with van der Waals surface area (Å²) in [5.74, 6) is 1.44. The second-order valence-electron chi connectivity index (χ2n) is 14.6. The molecule has 12 aromatic rings. The third-order valence-electron chi connectivity index (χ3n) is 11.2. The number of nitrogens with zero attached hydrogens (tertiary/aromatic N) is 5. The summed E-state index contributed by atoms with van der Waals surface area (Å²) in [6, 6.07) is 60.8. The van der Waals surface area contributed by atoms with Crippen LogP contribution >= 0.6 is 0 Å². The molecule has 4 heterocycles. The minimum absolute atomic E-state index is 0.285. The van der Waals surface area contributed by atoms with Gasteiger partial charge in [-0.3, -0.25) is 4.57 Å². The van der Waals surface area contributed by atoms with Gasteiger partial charge in [0, 0.05) is 54.7 Å². The van der Waals surface area contributed by atoms with Crippen molar-refractivity contribution in [2.24, 2.45) is 0 Å². The van der Waals surface area contributed by atoms with Crippen molar-refractivity contribution < 1.29 is 8.81 Å². The number of rotatable bonds is 5. The van der Waals surface area contributed by atoms with Gasteiger partial charge in [-0.2, -0.15) is 9.97 Å². The molecule has 0 bridgehead atoms. The van der Waals surface area contributed by atoms with Gasteiger partial charge in [-0.05, 0) is 60.2 Å². The van der Waals surface area contributed by atoms with Crippen LogP contribution in [-0.2, 0) is 0 Å². The predicted octanol–water partition coefficient (Wildman–Crippen LogP) is 13.1. The van der Waals surface area contributed by atoms with Crippen LogP contribution in [0.1, 0.15) is 0 Å². The Labute approximate surface area is 330 Å². The van der Waals surface area contributed by atoms with Gasteiger partial charge in [0.1, 0.15) is 17.0 Å². The average molecular weight is 748 g/mol. The molecular weight excluding hydrogens is 718 g/mol. The predicted molar refractivity (Wildman–Crippen MR) is 232 cm³/mol. The van der Waals surface area contributed by atoms with Gasteiger partial charge in [-0.1, -0.05) is 127 Å². The van der Waals surface area contributed by atoms with Crippen LogP contribution in [0.25, 0.3) is 111 Å². The van der Waals surface area contributed by atoms with Crippen molar-refractivity contribution in [1.29, 1.82) is 0 Å². The van der Waals surface area contributed by atoms with Crippen molar-refractivity contribution in [2.45, 2.75) is 0 Å². The van der Waals surface area contributed by atoms with E-state index in [2.05, 4.69) is 88.0 Å². The van der Waals surface area contributed by atoms with Crippen molar-refractivity contribution in [1.82, 2.24) is 24.1 Å². The normalized spacial score (nSPS) is 11.9. The molecule has 272 valence electrons. The van der Waals surface area contributed by atoms with Crippen molar-refractivity contribution in [3.05, 3.63) is 188 Å². The maximum atomic E-state index is 14.3. The standard InChI is InChI=1S/C51H30FN5O/c52-34-25-23-31(24-26-34)39-27-35(28-42-38-19-9-12-22-47(38)58-48(39)42)56-43-20-10-7-17-36(43)40-29-41-37-18-8-11-21-44(37)57(46(41)30-45(40)56)51-54-49(32-13-3-1-4-14-32)53-50(55-51)33-15-5-2-6-16-33/h1-30H. The van der Waals surface area contributed by atoms with Gasteiger partial charge in [0.25, 0.3) is 0 Å². The highest BCUT2D eigenvalue weighted by atomic mass is 19.1. The van der Waals surface area contributed by atoms with Crippen LogP contribution in [0, 0.1) is 5.82 Å². The number of hydrogen-bond donors (Lipinski definition) is 0. The lowest BCUT2D eigenvalue weighted by atomic mass is 10.0. The van der Waals surface area contributed by atoms with Gasteiger partial charge in [0.15, 0.2) is 11.6 Å². The van der Waals surface area contributed by atoms with E-state index in [1.54, 1.807) is 0 Å². The van der Waals surface area contributed by atoms with E-state index in [0.717, 1.165) is 93.5 Å². The molecule has 0 radical (unpaired) electrons. The third kappa shape index (κ3) is 4.93. The Morgan fingerprint density at radius 2 is 0.948 bits per heavy atom. The monoisotopic (exact) mass is 747 g/mol. The Hall–Kier alpha value is -7.90. The number of fused-ring (bicyclic) bond motifs is 9. The Bertz CT molecular complexity index is 3510. The topological polar surface area (TPSA) is 61.7 Å². The first-order valence-corrected chi connectivity index (χ1v) is 19.2. The molecule has 0 N–H and O–H groups in total. The summed E-state index contributed by atoms with van der Waals surface area (Å²) in [4.78, 5) is 15.3. The maximum Gasteiger partial charge on any atom is 0.238 e. The molecule has 8 aromatic carbocycles. The molecule has 0 fully saturated rings. The molecule has 0 saturated heterocycles. The molecule has 0 spiro atoms. The maximum absolute atomic E-state index is 14.3. The van der Waals surface area contributed by atoms with Gasteiger partial charge in [-0.15, -0.1) is 0 Å². The second-order valence-corrected chi connectivity index (χ2v) is 14.6. The molecule has 0 aliphatic rings. The van der Waals surface area contributed by atoms with Gasteiger partial charge >= 0.3 is 0 Å². The molecule has 0 aliphatic heterocycles. The first-order chi connectivity index (χ1) is 28.7. The zero-order valence-electron chi connectivity index (χ0n) is 30.8. The number of halogens is 1. The van der Waals surface area contributed by atoms with Crippen LogP contribution in [0.15, 0.2) is 186 Å². The molecule has 58 heavy (non-hydrogen) atoms. The summed E-state index contributed by atoms with van der Waals surface area (Å²) in [7, 11) is 0. The van der Waals surface area contributed by atoms with Crippen molar-refractivity contribution in [2.75, 3.05) is 0 Å². The largest absolute Gasteiger partial charge is 0.455 e. The highest BCUT2D eigenvalue weighted by molar-refractivity contribution is 6.19. The average Bonchev–Trinajstić information content (AvgIpc) is 3.93. The van der Waals surface area contributed by atoms with Crippen LogP contribution in [-0.4, -0.2) is 24.1 Å². The number of benzene rings is 8. The summed E-state index contributed by atoms with van der Waals surface area (Å²) < 4.78 is 25.3. The lowest BCUT2D eigenvalue weighted by Crippen LogP contribution is -2.06. The summed E-state index contributed by atoms with van der Waals surface area (Å²) in [6.45, 7) is 0. The highest BCUT2D eigenvalue weighted by Crippen LogP contribution is 2.43. The Kier molecular flexibility index (Phi) is 7.01. The van der Waals surface area contributed by atoms with E-state index in [4.69, 9.17) is 19.4 Å². The minimum atomic E-state index is -0.285. The fourth-order valence-corrected chi connectivity index (χ4v) is 8.61.